The Balaban J connectivity index is 0.000000980. The summed E-state index contributed by atoms with van der Waals surface area (Å²) < 4.78 is 0. The first-order chi connectivity index (χ1) is 6.34. The molecule has 0 radical (unpaired) electrons. The maximum absolute atomic E-state index is 9.49. The molecule has 2 saturated heterocycles. The van der Waals surface area contributed by atoms with Crippen molar-refractivity contribution in [2.24, 2.45) is 0 Å². The zero-order valence-electron chi connectivity index (χ0n) is 8.61. The van der Waals surface area contributed by atoms with Crippen LogP contribution in [0.5, 0.6) is 0 Å². The molecule has 14 heavy (non-hydrogen) atoms. The first-order valence-electron chi connectivity index (χ1n) is 5.48. The van der Waals surface area contributed by atoms with E-state index in [1.165, 1.54) is 25.9 Å². The number of likely N-dealkylation sites (tertiary alicyclic amines) is 1. The fourth-order valence-corrected chi connectivity index (χ4v) is 2.42. The highest BCUT2D eigenvalue weighted by atomic mass is 35.5. The van der Waals surface area contributed by atoms with E-state index >= 15 is 0 Å². The molecule has 0 amide bonds. The number of hydrogen-bond donors (Lipinski definition) is 2. The minimum absolute atomic E-state index is 0. The van der Waals surface area contributed by atoms with E-state index in [1.54, 1.807) is 0 Å². The summed E-state index contributed by atoms with van der Waals surface area (Å²) in [5, 5.41) is 13.0. The Morgan fingerprint density at radius 2 is 2.14 bits per heavy atom. The van der Waals surface area contributed by atoms with Crippen molar-refractivity contribution in [1.82, 2.24) is 10.2 Å². The van der Waals surface area contributed by atoms with Gasteiger partial charge in [-0.15, -0.1) is 12.4 Å². The standard InChI is InChI=1S/C10H20N2O.ClH/c13-10-4-2-6-12(8-10)7-9-3-1-5-11-9;/h9-11,13H,1-8H2;1H/t9-,10?;/m0./s1. The van der Waals surface area contributed by atoms with Gasteiger partial charge in [0, 0.05) is 19.1 Å². The van der Waals surface area contributed by atoms with Crippen LogP contribution in [0.3, 0.4) is 0 Å². The molecule has 2 fully saturated rings. The molecule has 2 atom stereocenters. The smallest absolute Gasteiger partial charge is 0.0667 e. The van der Waals surface area contributed by atoms with E-state index in [1.807, 2.05) is 0 Å². The lowest BCUT2D eigenvalue weighted by Gasteiger charge is -2.31. The molecule has 0 aromatic rings. The summed E-state index contributed by atoms with van der Waals surface area (Å²) in [7, 11) is 0. The molecule has 0 spiro atoms. The summed E-state index contributed by atoms with van der Waals surface area (Å²) in [5.74, 6) is 0. The van der Waals surface area contributed by atoms with Crippen molar-refractivity contribution < 1.29 is 5.11 Å². The summed E-state index contributed by atoms with van der Waals surface area (Å²) in [5.41, 5.74) is 0. The van der Waals surface area contributed by atoms with Gasteiger partial charge in [0.15, 0.2) is 0 Å². The van der Waals surface area contributed by atoms with Crippen LogP contribution in [0.1, 0.15) is 25.7 Å². The Kier molecular flexibility index (Phi) is 5.17. The molecule has 2 rings (SSSR count). The number of halogens is 1. The largest absolute Gasteiger partial charge is 0.392 e. The molecule has 0 aromatic heterocycles. The van der Waals surface area contributed by atoms with Crippen LogP contribution in [0, 0.1) is 0 Å². The van der Waals surface area contributed by atoms with E-state index < -0.39 is 0 Å². The number of β-amino-alcohol motifs (C(OH)–C–C–N with tert-alkyl or cyclic N) is 1. The van der Waals surface area contributed by atoms with Gasteiger partial charge in [-0.3, -0.25) is 4.90 Å². The average Bonchev–Trinajstić information content (AvgIpc) is 2.57. The molecule has 84 valence electrons. The molecule has 2 aliphatic heterocycles. The van der Waals surface area contributed by atoms with Crippen LogP contribution in [0.25, 0.3) is 0 Å². The number of aliphatic hydroxyl groups is 1. The van der Waals surface area contributed by atoms with Gasteiger partial charge < -0.3 is 10.4 Å². The lowest BCUT2D eigenvalue weighted by atomic mass is 10.1. The highest BCUT2D eigenvalue weighted by Crippen LogP contribution is 2.13. The highest BCUT2D eigenvalue weighted by Gasteiger charge is 2.22. The van der Waals surface area contributed by atoms with Gasteiger partial charge in [-0.2, -0.15) is 0 Å². The zero-order chi connectivity index (χ0) is 9.10. The van der Waals surface area contributed by atoms with E-state index in [0.29, 0.717) is 6.04 Å². The molecule has 2 heterocycles. The van der Waals surface area contributed by atoms with Crippen molar-refractivity contribution in [3.8, 4) is 0 Å². The van der Waals surface area contributed by atoms with Gasteiger partial charge in [0.2, 0.25) is 0 Å². The third-order valence-corrected chi connectivity index (χ3v) is 3.12. The van der Waals surface area contributed by atoms with Gasteiger partial charge in [0.25, 0.3) is 0 Å². The predicted molar refractivity (Wildman–Crippen MR) is 60.0 cm³/mol. The normalized spacial score (nSPS) is 34.1. The molecular formula is C10H21ClN2O. The van der Waals surface area contributed by atoms with E-state index in [4.69, 9.17) is 0 Å². The Labute approximate surface area is 92.3 Å². The minimum Gasteiger partial charge on any atom is -0.392 e. The Bertz CT molecular complexity index is 162. The van der Waals surface area contributed by atoms with Crippen LogP contribution in [0.4, 0.5) is 0 Å². The summed E-state index contributed by atoms with van der Waals surface area (Å²) in [4.78, 5) is 2.40. The van der Waals surface area contributed by atoms with Crippen LogP contribution in [-0.4, -0.2) is 48.3 Å². The molecular weight excluding hydrogens is 200 g/mol. The van der Waals surface area contributed by atoms with Gasteiger partial charge >= 0.3 is 0 Å². The second kappa shape index (κ2) is 5.91. The van der Waals surface area contributed by atoms with Crippen molar-refractivity contribution in [1.29, 1.82) is 0 Å². The van der Waals surface area contributed by atoms with Crippen molar-refractivity contribution in [2.75, 3.05) is 26.2 Å². The number of nitrogens with one attached hydrogen (secondary N) is 1. The van der Waals surface area contributed by atoms with Crippen LogP contribution in [-0.2, 0) is 0 Å². The van der Waals surface area contributed by atoms with Gasteiger partial charge in [0.1, 0.15) is 0 Å². The summed E-state index contributed by atoms with van der Waals surface area (Å²) >= 11 is 0. The van der Waals surface area contributed by atoms with Crippen molar-refractivity contribution in [3.63, 3.8) is 0 Å². The second-order valence-electron chi connectivity index (χ2n) is 4.35. The molecule has 3 nitrogen and oxygen atoms in total. The number of piperidine rings is 1. The van der Waals surface area contributed by atoms with Gasteiger partial charge in [-0.25, -0.2) is 0 Å². The predicted octanol–water partition coefficient (Wildman–Crippen LogP) is 0.617. The van der Waals surface area contributed by atoms with Gasteiger partial charge in [-0.05, 0) is 38.8 Å². The fourth-order valence-electron chi connectivity index (χ4n) is 2.42. The van der Waals surface area contributed by atoms with Crippen LogP contribution < -0.4 is 5.32 Å². The van der Waals surface area contributed by atoms with Crippen molar-refractivity contribution in [2.45, 2.75) is 37.8 Å². The average molecular weight is 221 g/mol. The van der Waals surface area contributed by atoms with E-state index in [9.17, 15) is 5.11 Å². The molecule has 0 saturated carbocycles. The molecule has 2 aliphatic rings. The second-order valence-corrected chi connectivity index (χ2v) is 4.35. The van der Waals surface area contributed by atoms with Crippen LogP contribution in [0.2, 0.25) is 0 Å². The van der Waals surface area contributed by atoms with Gasteiger partial charge in [0.05, 0.1) is 6.10 Å². The molecule has 0 aromatic carbocycles. The fraction of sp³-hybridized carbons (Fsp3) is 1.00. The third-order valence-electron chi connectivity index (χ3n) is 3.12. The van der Waals surface area contributed by atoms with Crippen LogP contribution >= 0.6 is 12.4 Å². The van der Waals surface area contributed by atoms with E-state index in [-0.39, 0.29) is 18.5 Å². The Morgan fingerprint density at radius 3 is 2.79 bits per heavy atom. The maximum atomic E-state index is 9.49. The van der Waals surface area contributed by atoms with Crippen molar-refractivity contribution in [3.05, 3.63) is 0 Å². The number of rotatable bonds is 2. The molecule has 4 heteroatoms. The topological polar surface area (TPSA) is 35.5 Å². The quantitative estimate of drug-likeness (QED) is 0.716. The minimum atomic E-state index is -0.0739. The third kappa shape index (κ3) is 3.39. The zero-order valence-corrected chi connectivity index (χ0v) is 9.43. The number of hydrogen-bond acceptors (Lipinski definition) is 3. The summed E-state index contributed by atoms with van der Waals surface area (Å²) in [6.07, 6.45) is 4.71. The first kappa shape index (κ1) is 12.2. The molecule has 0 aliphatic carbocycles. The lowest BCUT2D eigenvalue weighted by molar-refractivity contribution is 0.0666. The van der Waals surface area contributed by atoms with Crippen molar-refractivity contribution >= 4 is 12.4 Å². The SMILES string of the molecule is Cl.OC1CCCN(C[C@@H]2CCCN2)C1. The lowest BCUT2D eigenvalue weighted by Crippen LogP contribution is -2.44. The Morgan fingerprint density at radius 1 is 1.29 bits per heavy atom. The summed E-state index contributed by atoms with van der Waals surface area (Å²) in [6.45, 7) is 4.38. The molecule has 0 bridgehead atoms. The first-order valence-corrected chi connectivity index (χ1v) is 5.48. The monoisotopic (exact) mass is 220 g/mol. The maximum Gasteiger partial charge on any atom is 0.0667 e. The Hall–Kier alpha value is 0.170. The summed E-state index contributed by atoms with van der Waals surface area (Å²) in [6, 6.07) is 0.685. The van der Waals surface area contributed by atoms with E-state index in [2.05, 4.69) is 10.2 Å². The molecule has 1 unspecified atom stereocenters. The number of nitrogens with zero attached hydrogens (tertiary/aromatic N) is 1. The number of aliphatic hydroxyl groups excluding tert-OH is 1. The van der Waals surface area contributed by atoms with E-state index in [0.717, 1.165) is 25.9 Å². The highest BCUT2D eigenvalue weighted by molar-refractivity contribution is 5.85. The van der Waals surface area contributed by atoms with Gasteiger partial charge in [-0.1, -0.05) is 0 Å². The molecule has 2 N–H and O–H groups in total. The van der Waals surface area contributed by atoms with Crippen LogP contribution in [0.15, 0.2) is 0 Å².